The van der Waals surface area contributed by atoms with Crippen molar-refractivity contribution in [3.8, 4) is 0 Å². The minimum Gasteiger partial charge on any atom is -0.371 e. The van der Waals surface area contributed by atoms with Crippen molar-refractivity contribution in [1.82, 2.24) is 5.32 Å². The first-order valence-electron chi connectivity index (χ1n) is 7.23. The second-order valence-corrected chi connectivity index (χ2v) is 5.47. The van der Waals surface area contributed by atoms with Gasteiger partial charge in [0.2, 0.25) is 0 Å². The Balaban J connectivity index is 2.20. The molecular weight excluding hydrogens is 220 g/mol. The summed E-state index contributed by atoms with van der Waals surface area (Å²) in [5.74, 6) is 0. The molecule has 0 spiro atoms. The fourth-order valence-corrected chi connectivity index (χ4v) is 3.00. The molecule has 0 aliphatic heterocycles. The van der Waals surface area contributed by atoms with Gasteiger partial charge in [0.15, 0.2) is 0 Å². The third-order valence-corrected chi connectivity index (χ3v) is 4.34. The molecule has 1 aromatic rings. The number of hydrogen-bond acceptors (Lipinski definition) is 2. The Hall–Kier alpha value is -1.02. The van der Waals surface area contributed by atoms with Gasteiger partial charge >= 0.3 is 0 Å². The standard InChI is InChI=1S/C16H26N2/c1-13(17-2)15-11-7-8-12-16(15)18(3)14-9-5-4-6-10-14/h7-8,11-14,17H,4-6,9-10H2,1-3H3. The van der Waals surface area contributed by atoms with Gasteiger partial charge in [0.25, 0.3) is 0 Å². The molecule has 0 amide bonds. The molecule has 1 saturated carbocycles. The van der Waals surface area contributed by atoms with Gasteiger partial charge in [0, 0.05) is 24.8 Å². The van der Waals surface area contributed by atoms with Crippen molar-refractivity contribution in [3.05, 3.63) is 29.8 Å². The SMILES string of the molecule is CNC(C)c1ccccc1N(C)C1CCCCC1. The summed E-state index contributed by atoms with van der Waals surface area (Å²) in [5.41, 5.74) is 2.80. The second kappa shape index (κ2) is 6.24. The van der Waals surface area contributed by atoms with Gasteiger partial charge in [0.1, 0.15) is 0 Å². The fourth-order valence-electron chi connectivity index (χ4n) is 3.00. The first-order chi connectivity index (χ1) is 8.74. The Kier molecular flexibility index (Phi) is 4.65. The van der Waals surface area contributed by atoms with Gasteiger partial charge in [-0.05, 0) is 38.4 Å². The number of nitrogens with zero attached hydrogens (tertiary/aromatic N) is 1. The van der Waals surface area contributed by atoms with E-state index in [1.54, 1.807) is 0 Å². The van der Waals surface area contributed by atoms with Gasteiger partial charge in [-0.2, -0.15) is 0 Å². The van der Waals surface area contributed by atoms with Gasteiger partial charge in [-0.15, -0.1) is 0 Å². The maximum atomic E-state index is 3.35. The Morgan fingerprint density at radius 2 is 1.83 bits per heavy atom. The second-order valence-electron chi connectivity index (χ2n) is 5.47. The molecule has 1 fully saturated rings. The van der Waals surface area contributed by atoms with E-state index in [2.05, 4.69) is 48.5 Å². The van der Waals surface area contributed by atoms with Crippen molar-refractivity contribution in [2.75, 3.05) is 19.0 Å². The molecule has 2 heteroatoms. The summed E-state index contributed by atoms with van der Waals surface area (Å²) in [6.07, 6.45) is 6.88. The van der Waals surface area contributed by atoms with Crippen LogP contribution in [0.3, 0.4) is 0 Å². The van der Waals surface area contributed by atoms with Gasteiger partial charge < -0.3 is 10.2 Å². The van der Waals surface area contributed by atoms with E-state index in [9.17, 15) is 0 Å². The van der Waals surface area contributed by atoms with Crippen LogP contribution < -0.4 is 10.2 Å². The molecule has 0 bridgehead atoms. The average molecular weight is 246 g/mol. The van der Waals surface area contributed by atoms with E-state index in [0.717, 1.165) is 6.04 Å². The maximum Gasteiger partial charge on any atom is 0.0414 e. The van der Waals surface area contributed by atoms with Crippen LogP contribution in [0.4, 0.5) is 5.69 Å². The topological polar surface area (TPSA) is 15.3 Å². The van der Waals surface area contributed by atoms with Crippen molar-refractivity contribution < 1.29 is 0 Å². The predicted molar refractivity (Wildman–Crippen MR) is 79.2 cm³/mol. The number of anilines is 1. The van der Waals surface area contributed by atoms with Crippen LogP contribution >= 0.6 is 0 Å². The van der Waals surface area contributed by atoms with Crippen molar-refractivity contribution in [3.63, 3.8) is 0 Å². The Morgan fingerprint density at radius 3 is 2.50 bits per heavy atom. The molecule has 0 heterocycles. The summed E-state index contributed by atoms with van der Waals surface area (Å²) >= 11 is 0. The van der Waals surface area contributed by atoms with Gasteiger partial charge in [-0.3, -0.25) is 0 Å². The van der Waals surface area contributed by atoms with Gasteiger partial charge in [-0.25, -0.2) is 0 Å². The summed E-state index contributed by atoms with van der Waals surface area (Å²) < 4.78 is 0. The molecule has 0 saturated heterocycles. The molecule has 100 valence electrons. The summed E-state index contributed by atoms with van der Waals surface area (Å²) in [6, 6.07) is 9.94. The lowest BCUT2D eigenvalue weighted by atomic mass is 9.93. The number of rotatable bonds is 4. The number of benzene rings is 1. The van der Waals surface area contributed by atoms with Crippen molar-refractivity contribution in [1.29, 1.82) is 0 Å². The third-order valence-electron chi connectivity index (χ3n) is 4.34. The molecule has 1 aliphatic rings. The molecule has 18 heavy (non-hydrogen) atoms. The van der Waals surface area contributed by atoms with E-state index in [0.29, 0.717) is 6.04 Å². The molecule has 1 unspecified atom stereocenters. The summed E-state index contributed by atoms with van der Waals surface area (Å²) in [5, 5.41) is 3.35. The zero-order valence-electron chi connectivity index (χ0n) is 11.9. The molecular formula is C16H26N2. The molecule has 1 aliphatic carbocycles. The quantitative estimate of drug-likeness (QED) is 0.870. The average Bonchev–Trinajstić information content (AvgIpc) is 2.46. The largest absolute Gasteiger partial charge is 0.371 e. The van der Waals surface area contributed by atoms with E-state index in [1.807, 2.05) is 7.05 Å². The Bertz CT molecular complexity index is 369. The highest BCUT2D eigenvalue weighted by Gasteiger charge is 2.20. The first-order valence-corrected chi connectivity index (χ1v) is 7.23. The molecule has 1 N–H and O–H groups in total. The third kappa shape index (κ3) is 2.86. The molecule has 0 radical (unpaired) electrons. The van der Waals surface area contributed by atoms with Crippen LogP contribution in [0, 0.1) is 0 Å². The van der Waals surface area contributed by atoms with Crippen LogP contribution in [-0.4, -0.2) is 20.1 Å². The first kappa shape index (κ1) is 13.4. The van der Waals surface area contributed by atoms with E-state index in [4.69, 9.17) is 0 Å². The molecule has 1 atom stereocenters. The highest BCUT2D eigenvalue weighted by molar-refractivity contribution is 5.55. The highest BCUT2D eigenvalue weighted by Crippen LogP contribution is 2.30. The van der Waals surface area contributed by atoms with Crippen LogP contribution in [0.2, 0.25) is 0 Å². The predicted octanol–water partition coefficient (Wildman–Crippen LogP) is 3.74. The van der Waals surface area contributed by atoms with E-state index in [1.165, 1.54) is 43.4 Å². The minimum absolute atomic E-state index is 0.409. The monoisotopic (exact) mass is 246 g/mol. The van der Waals surface area contributed by atoms with Crippen molar-refractivity contribution in [2.45, 2.75) is 51.1 Å². The van der Waals surface area contributed by atoms with Crippen LogP contribution in [-0.2, 0) is 0 Å². The fraction of sp³-hybridized carbons (Fsp3) is 0.625. The molecule has 2 nitrogen and oxygen atoms in total. The molecule has 1 aromatic carbocycles. The van der Waals surface area contributed by atoms with Crippen molar-refractivity contribution in [2.24, 2.45) is 0 Å². The minimum atomic E-state index is 0.409. The Morgan fingerprint density at radius 1 is 1.17 bits per heavy atom. The number of para-hydroxylation sites is 1. The molecule has 2 rings (SSSR count). The number of hydrogen-bond donors (Lipinski definition) is 1. The van der Waals surface area contributed by atoms with Crippen molar-refractivity contribution >= 4 is 5.69 Å². The van der Waals surface area contributed by atoms with Crippen LogP contribution in [0.25, 0.3) is 0 Å². The zero-order valence-corrected chi connectivity index (χ0v) is 11.9. The van der Waals surface area contributed by atoms with E-state index in [-0.39, 0.29) is 0 Å². The van der Waals surface area contributed by atoms with E-state index < -0.39 is 0 Å². The molecule has 0 aromatic heterocycles. The van der Waals surface area contributed by atoms with Crippen LogP contribution in [0.15, 0.2) is 24.3 Å². The van der Waals surface area contributed by atoms with Crippen LogP contribution in [0.5, 0.6) is 0 Å². The summed E-state index contributed by atoms with van der Waals surface area (Å²) in [7, 11) is 4.29. The Labute approximate surface area is 111 Å². The lowest BCUT2D eigenvalue weighted by Gasteiger charge is -2.35. The van der Waals surface area contributed by atoms with Gasteiger partial charge in [-0.1, -0.05) is 37.5 Å². The smallest absolute Gasteiger partial charge is 0.0414 e. The van der Waals surface area contributed by atoms with Crippen LogP contribution in [0.1, 0.15) is 50.6 Å². The highest BCUT2D eigenvalue weighted by atomic mass is 15.1. The maximum absolute atomic E-state index is 3.35. The van der Waals surface area contributed by atoms with Gasteiger partial charge in [0.05, 0.1) is 0 Å². The lowest BCUT2D eigenvalue weighted by Crippen LogP contribution is -2.34. The summed E-state index contributed by atoms with van der Waals surface area (Å²) in [6.45, 7) is 2.23. The zero-order chi connectivity index (χ0) is 13.0. The van der Waals surface area contributed by atoms with E-state index >= 15 is 0 Å². The lowest BCUT2D eigenvalue weighted by molar-refractivity contribution is 0.426. The summed E-state index contributed by atoms with van der Waals surface area (Å²) in [4.78, 5) is 2.50. The number of nitrogens with one attached hydrogen (secondary N) is 1. The normalized spacial score (nSPS) is 18.6.